The highest BCUT2D eigenvalue weighted by Gasteiger charge is 2.44. The first-order chi connectivity index (χ1) is 16.5. The van der Waals surface area contributed by atoms with E-state index >= 15 is 0 Å². The minimum absolute atomic E-state index is 0.0966. The van der Waals surface area contributed by atoms with Crippen LogP contribution >= 0.6 is 0 Å². The summed E-state index contributed by atoms with van der Waals surface area (Å²) in [5.74, 6) is 0.388. The third-order valence-corrected chi connectivity index (χ3v) is 6.99. The zero-order valence-electron chi connectivity index (χ0n) is 19.6. The molecule has 3 aliphatic rings. The Kier molecular flexibility index (Phi) is 6.75. The summed E-state index contributed by atoms with van der Waals surface area (Å²) in [4.78, 5) is 22.2. The van der Waals surface area contributed by atoms with E-state index in [0.717, 1.165) is 50.7 Å². The molecule has 1 aromatic carbocycles. The Labute approximate surface area is 199 Å². The first-order valence-electron chi connectivity index (χ1n) is 11.8. The van der Waals surface area contributed by atoms with Gasteiger partial charge in [-0.3, -0.25) is 15.1 Å². The summed E-state index contributed by atoms with van der Waals surface area (Å²) in [6.07, 6.45) is 2.17. The lowest BCUT2D eigenvalue weighted by Crippen LogP contribution is -2.60. The van der Waals surface area contributed by atoms with Crippen LogP contribution in [-0.4, -0.2) is 74.3 Å². The maximum Gasteiger partial charge on any atom is 0.243 e. The van der Waals surface area contributed by atoms with Crippen LogP contribution in [0, 0.1) is 12.7 Å². The van der Waals surface area contributed by atoms with Crippen LogP contribution in [-0.2, 0) is 9.53 Å². The second-order valence-corrected chi connectivity index (χ2v) is 9.14. The monoisotopic (exact) mass is 469 g/mol. The number of rotatable bonds is 6. The van der Waals surface area contributed by atoms with E-state index in [1.165, 1.54) is 11.1 Å². The quantitative estimate of drug-likeness (QED) is 0.581. The molecule has 0 saturated carbocycles. The van der Waals surface area contributed by atoms with E-state index < -0.39 is 5.82 Å². The first kappa shape index (κ1) is 23.1. The van der Waals surface area contributed by atoms with Gasteiger partial charge in [-0.25, -0.2) is 25.2 Å². The van der Waals surface area contributed by atoms with Gasteiger partial charge in [0, 0.05) is 58.5 Å². The highest BCUT2D eigenvalue weighted by atomic mass is 19.1. The molecule has 2 aromatic rings. The van der Waals surface area contributed by atoms with E-state index in [9.17, 15) is 9.18 Å². The molecular weight excluding hydrogens is 437 g/mol. The van der Waals surface area contributed by atoms with Crippen LogP contribution in [0.3, 0.4) is 0 Å². The molecule has 9 nitrogen and oxygen atoms in total. The van der Waals surface area contributed by atoms with Crippen molar-refractivity contribution in [2.24, 2.45) is 0 Å². The molecule has 10 heteroatoms. The van der Waals surface area contributed by atoms with Gasteiger partial charge in [-0.15, -0.1) is 0 Å². The molecule has 0 radical (unpaired) electrons. The van der Waals surface area contributed by atoms with Gasteiger partial charge in [0.2, 0.25) is 5.91 Å². The highest BCUT2D eigenvalue weighted by molar-refractivity contribution is 5.94. The molecule has 0 aliphatic carbocycles. The maximum absolute atomic E-state index is 14.6. The number of carbonyl (C=O) groups excluding carboxylic acids is 1. The number of aromatic nitrogens is 1. The van der Waals surface area contributed by atoms with E-state index in [0.29, 0.717) is 5.56 Å². The van der Waals surface area contributed by atoms with Crippen LogP contribution in [0.25, 0.3) is 0 Å². The van der Waals surface area contributed by atoms with Gasteiger partial charge < -0.3 is 9.64 Å². The molecule has 3 unspecified atom stereocenters. The number of methoxy groups -OCH3 is 1. The van der Waals surface area contributed by atoms with Crippen LogP contribution < -0.4 is 26.2 Å². The van der Waals surface area contributed by atoms with E-state index in [2.05, 4.69) is 38.2 Å². The number of hydrogen-bond acceptors (Lipinski definition) is 8. The number of anilines is 2. The number of para-hydroxylation sites is 1. The molecular formula is C24H32FN7O2. The van der Waals surface area contributed by atoms with Crippen molar-refractivity contribution in [3.05, 3.63) is 53.5 Å². The lowest BCUT2D eigenvalue weighted by molar-refractivity contribution is -0.121. The molecule has 3 saturated heterocycles. The largest absolute Gasteiger partial charge is 0.383 e. The fourth-order valence-electron chi connectivity index (χ4n) is 5.03. The van der Waals surface area contributed by atoms with Crippen LogP contribution in [0.1, 0.15) is 23.6 Å². The van der Waals surface area contributed by atoms with Crippen molar-refractivity contribution >= 4 is 17.4 Å². The van der Waals surface area contributed by atoms with Crippen LogP contribution in [0.4, 0.5) is 15.9 Å². The number of pyridine rings is 1. The normalized spacial score (nSPS) is 25.6. The summed E-state index contributed by atoms with van der Waals surface area (Å²) in [5.41, 5.74) is 11.8. The number of hydrazine groups is 2. The second-order valence-electron chi connectivity index (χ2n) is 9.14. The average molecular weight is 470 g/mol. The van der Waals surface area contributed by atoms with Gasteiger partial charge in [-0.2, -0.15) is 0 Å². The number of amides is 1. The fraction of sp³-hybridized carbons (Fsp3) is 0.500. The number of aryl methyl sites for hydroxylation is 1. The average Bonchev–Trinajstić information content (AvgIpc) is 3.25. The summed E-state index contributed by atoms with van der Waals surface area (Å²) >= 11 is 0. The van der Waals surface area contributed by atoms with Crippen LogP contribution in [0.2, 0.25) is 0 Å². The summed E-state index contributed by atoms with van der Waals surface area (Å²) < 4.78 is 19.8. The van der Waals surface area contributed by atoms with E-state index in [1.54, 1.807) is 13.2 Å². The summed E-state index contributed by atoms with van der Waals surface area (Å²) in [7, 11) is 1.73. The summed E-state index contributed by atoms with van der Waals surface area (Å²) in [6.45, 7) is 7.38. The van der Waals surface area contributed by atoms with Gasteiger partial charge in [0.25, 0.3) is 0 Å². The lowest BCUT2D eigenvalue weighted by atomic mass is 9.94. The summed E-state index contributed by atoms with van der Waals surface area (Å²) in [5, 5.41) is 1.37. The maximum atomic E-state index is 14.6. The molecule has 182 valence electrons. The number of carbonyl (C=O) groups is 1. The molecule has 3 N–H and O–H groups in total. The number of benzene rings is 1. The number of nitrogens with zero attached hydrogens (tertiary/aromatic N) is 4. The Hall–Kier alpha value is -2.63. The molecule has 0 bridgehead atoms. The van der Waals surface area contributed by atoms with E-state index in [4.69, 9.17) is 9.72 Å². The minimum atomic E-state index is -0.414. The summed E-state index contributed by atoms with van der Waals surface area (Å²) in [6, 6.07) is 8.64. The van der Waals surface area contributed by atoms with Crippen molar-refractivity contribution in [1.29, 1.82) is 0 Å². The van der Waals surface area contributed by atoms with Crippen molar-refractivity contribution < 1.29 is 13.9 Å². The Morgan fingerprint density at radius 2 is 1.97 bits per heavy atom. The molecule has 1 aromatic heterocycles. The molecule has 5 rings (SSSR count). The number of halogens is 1. The van der Waals surface area contributed by atoms with Gasteiger partial charge in [0.05, 0.1) is 24.4 Å². The van der Waals surface area contributed by atoms with Crippen LogP contribution in [0.15, 0.2) is 36.5 Å². The predicted octanol–water partition coefficient (Wildman–Crippen LogP) is 1.13. The number of hydrogen-bond donors (Lipinski definition) is 3. The number of nitrogens with one attached hydrogen (secondary N) is 3. The van der Waals surface area contributed by atoms with E-state index in [1.807, 2.05) is 19.2 Å². The zero-order valence-corrected chi connectivity index (χ0v) is 19.6. The Balaban J connectivity index is 1.27. The van der Waals surface area contributed by atoms with Gasteiger partial charge in [-0.1, -0.05) is 18.2 Å². The van der Waals surface area contributed by atoms with Crippen molar-refractivity contribution in [2.75, 3.05) is 56.3 Å². The molecule has 34 heavy (non-hydrogen) atoms. The van der Waals surface area contributed by atoms with Crippen LogP contribution in [0.5, 0.6) is 0 Å². The fourth-order valence-corrected chi connectivity index (χ4v) is 5.03. The Morgan fingerprint density at radius 1 is 1.15 bits per heavy atom. The molecule has 3 atom stereocenters. The number of fused-ring (bicyclic) bond motifs is 1. The van der Waals surface area contributed by atoms with Crippen molar-refractivity contribution in [1.82, 2.24) is 26.2 Å². The van der Waals surface area contributed by atoms with Gasteiger partial charge in [0.1, 0.15) is 11.6 Å². The third-order valence-electron chi connectivity index (χ3n) is 6.99. The molecule has 4 heterocycles. The predicted molar refractivity (Wildman–Crippen MR) is 128 cm³/mol. The molecule has 3 aliphatic heterocycles. The minimum Gasteiger partial charge on any atom is -0.383 e. The smallest absolute Gasteiger partial charge is 0.243 e. The van der Waals surface area contributed by atoms with Gasteiger partial charge in [-0.05, 0) is 30.2 Å². The lowest BCUT2D eigenvalue weighted by Gasteiger charge is -2.37. The topological polar surface area (TPSA) is 85.0 Å². The SMILES string of the molecule is COCCN1CCN(c2ccc(C3NNC4CC(=O)N(c5c(C)cccc5F)NC43)cn2)CC1. The van der Waals surface area contributed by atoms with Crippen molar-refractivity contribution in [3.63, 3.8) is 0 Å². The number of piperazine rings is 1. The van der Waals surface area contributed by atoms with Crippen molar-refractivity contribution in [2.45, 2.75) is 31.5 Å². The molecule has 0 spiro atoms. The molecule has 1 amide bonds. The Bertz CT molecular complexity index is 993. The highest BCUT2D eigenvalue weighted by Crippen LogP contribution is 2.32. The second kappa shape index (κ2) is 9.93. The zero-order chi connectivity index (χ0) is 23.7. The van der Waals surface area contributed by atoms with Crippen molar-refractivity contribution in [3.8, 4) is 0 Å². The standard InChI is InChI=1S/C24H32FN7O2/c1-16-4-3-5-18(25)24(16)32-21(33)14-19-23(29-32)22(28-27-19)17-6-7-20(26-15-17)31-10-8-30(9-11-31)12-13-34-2/h3-7,15,19,22-23,27-29H,8-14H2,1-2H3. The number of ether oxygens (including phenoxy) is 1. The Morgan fingerprint density at radius 3 is 2.68 bits per heavy atom. The third kappa shape index (κ3) is 4.51. The van der Waals surface area contributed by atoms with Gasteiger partial charge >= 0.3 is 0 Å². The van der Waals surface area contributed by atoms with Gasteiger partial charge in [0.15, 0.2) is 0 Å². The first-order valence-corrected chi connectivity index (χ1v) is 11.8. The molecule has 3 fully saturated rings. The van der Waals surface area contributed by atoms with E-state index in [-0.39, 0.29) is 36.1 Å².